The number of thiazole rings is 1. The maximum Gasteiger partial charge on any atom is 0.257 e. The van der Waals surface area contributed by atoms with Gasteiger partial charge in [-0.05, 0) is 31.0 Å². The number of hydrogen-bond donors (Lipinski definition) is 2. The van der Waals surface area contributed by atoms with E-state index < -0.39 is 10.0 Å². The number of carbonyl (C=O) groups is 1. The Labute approximate surface area is 151 Å². The molecular weight excluding hydrogens is 382 g/mol. The molecule has 0 aliphatic heterocycles. The van der Waals surface area contributed by atoms with E-state index >= 15 is 0 Å². The number of anilines is 2. The molecular formula is C14H13N5O3S3. The van der Waals surface area contributed by atoms with Gasteiger partial charge in [-0.3, -0.25) is 14.8 Å². The van der Waals surface area contributed by atoms with Gasteiger partial charge in [0.25, 0.3) is 5.91 Å². The van der Waals surface area contributed by atoms with Crippen LogP contribution in [0, 0.1) is 0 Å². The van der Waals surface area contributed by atoms with Gasteiger partial charge in [0.15, 0.2) is 5.13 Å². The number of rotatable bonds is 5. The van der Waals surface area contributed by atoms with Crippen LogP contribution in [0.4, 0.5) is 10.3 Å². The first kappa shape index (κ1) is 16.4. The number of sulfonamides is 1. The molecule has 1 aliphatic carbocycles. The van der Waals surface area contributed by atoms with E-state index in [9.17, 15) is 13.2 Å². The van der Waals surface area contributed by atoms with Crippen LogP contribution >= 0.6 is 22.7 Å². The fraction of sp³-hybridized carbons (Fsp3) is 0.286. The predicted molar refractivity (Wildman–Crippen MR) is 97.9 cm³/mol. The van der Waals surface area contributed by atoms with Crippen LogP contribution in [0.5, 0.6) is 0 Å². The molecule has 2 aromatic heterocycles. The molecule has 0 unspecified atom stereocenters. The van der Waals surface area contributed by atoms with E-state index in [1.54, 1.807) is 18.2 Å². The lowest BCUT2D eigenvalue weighted by atomic mass is 10.2. The van der Waals surface area contributed by atoms with Gasteiger partial charge in [0.05, 0.1) is 16.5 Å². The fourth-order valence-corrected chi connectivity index (χ4v) is 4.87. The summed E-state index contributed by atoms with van der Waals surface area (Å²) in [7, 11) is -3.39. The van der Waals surface area contributed by atoms with Gasteiger partial charge in [-0.15, -0.1) is 10.2 Å². The summed E-state index contributed by atoms with van der Waals surface area (Å²) in [6, 6.07) is 5.01. The SMILES string of the molecule is CS(=O)(=O)Nc1nc2ccc(C(=O)Nc3nnc(C4CC4)s3)cc2s1. The normalized spacial score (nSPS) is 14.6. The molecule has 4 rings (SSSR count). The molecule has 0 radical (unpaired) electrons. The zero-order valence-corrected chi connectivity index (χ0v) is 15.5. The number of hydrogen-bond acceptors (Lipinski definition) is 8. The molecule has 1 aliphatic rings. The number of nitrogens with zero attached hydrogens (tertiary/aromatic N) is 3. The Morgan fingerprint density at radius 3 is 2.72 bits per heavy atom. The molecule has 1 saturated carbocycles. The maximum atomic E-state index is 12.4. The van der Waals surface area contributed by atoms with Crippen molar-refractivity contribution in [1.29, 1.82) is 0 Å². The van der Waals surface area contributed by atoms with Gasteiger partial charge >= 0.3 is 0 Å². The van der Waals surface area contributed by atoms with E-state index in [1.807, 2.05) is 0 Å². The summed E-state index contributed by atoms with van der Waals surface area (Å²) in [5.74, 6) is 0.212. The van der Waals surface area contributed by atoms with Gasteiger partial charge in [-0.1, -0.05) is 22.7 Å². The monoisotopic (exact) mass is 395 g/mol. The molecule has 11 heteroatoms. The lowest BCUT2D eigenvalue weighted by Gasteiger charge is -2.00. The number of fused-ring (bicyclic) bond motifs is 1. The summed E-state index contributed by atoms with van der Waals surface area (Å²) in [4.78, 5) is 16.6. The highest BCUT2D eigenvalue weighted by Gasteiger charge is 2.27. The van der Waals surface area contributed by atoms with Crippen LogP contribution in [0.25, 0.3) is 10.2 Å². The third kappa shape index (κ3) is 3.78. The summed E-state index contributed by atoms with van der Waals surface area (Å²) >= 11 is 2.57. The predicted octanol–water partition coefficient (Wildman–Crippen LogP) is 2.65. The Kier molecular flexibility index (Phi) is 3.93. The Bertz CT molecular complexity index is 1070. The summed E-state index contributed by atoms with van der Waals surface area (Å²) in [6.45, 7) is 0. The van der Waals surface area contributed by atoms with E-state index in [4.69, 9.17) is 0 Å². The summed E-state index contributed by atoms with van der Waals surface area (Å²) in [5.41, 5.74) is 1.07. The molecule has 1 amide bonds. The van der Waals surface area contributed by atoms with Gasteiger partial charge < -0.3 is 0 Å². The second-order valence-electron chi connectivity index (χ2n) is 5.75. The second kappa shape index (κ2) is 6.00. The quantitative estimate of drug-likeness (QED) is 0.686. The highest BCUT2D eigenvalue weighted by Crippen LogP contribution is 2.42. The highest BCUT2D eigenvalue weighted by molar-refractivity contribution is 7.92. The van der Waals surface area contributed by atoms with Crippen LogP contribution in [0.1, 0.15) is 34.1 Å². The average Bonchev–Trinajstić information content (AvgIpc) is 3.14. The Balaban J connectivity index is 1.54. The van der Waals surface area contributed by atoms with Crippen LogP contribution in [-0.4, -0.2) is 35.8 Å². The molecule has 8 nitrogen and oxygen atoms in total. The minimum Gasteiger partial charge on any atom is -0.296 e. The van der Waals surface area contributed by atoms with Gasteiger partial charge in [0.2, 0.25) is 15.2 Å². The molecule has 25 heavy (non-hydrogen) atoms. The van der Waals surface area contributed by atoms with Crippen molar-refractivity contribution < 1.29 is 13.2 Å². The van der Waals surface area contributed by atoms with E-state index in [2.05, 4.69) is 25.2 Å². The minimum atomic E-state index is -3.39. The Morgan fingerprint density at radius 1 is 1.20 bits per heavy atom. The van der Waals surface area contributed by atoms with E-state index in [0.29, 0.717) is 22.1 Å². The van der Waals surface area contributed by atoms with Crippen LogP contribution in [0.2, 0.25) is 0 Å². The average molecular weight is 395 g/mol. The molecule has 0 spiro atoms. The molecule has 2 N–H and O–H groups in total. The van der Waals surface area contributed by atoms with Gasteiger partial charge in [-0.25, -0.2) is 13.4 Å². The van der Waals surface area contributed by atoms with Crippen molar-refractivity contribution in [2.24, 2.45) is 0 Å². The molecule has 0 saturated heterocycles. The Hall–Kier alpha value is -2.11. The second-order valence-corrected chi connectivity index (χ2v) is 9.54. The van der Waals surface area contributed by atoms with Crippen molar-refractivity contribution in [2.45, 2.75) is 18.8 Å². The maximum absolute atomic E-state index is 12.4. The molecule has 1 fully saturated rings. The zero-order chi connectivity index (χ0) is 17.6. The molecule has 1 aromatic carbocycles. The number of aromatic nitrogens is 3. The van der Waals surface area contributed by atoms with Crippen molar-refractivity contribution in [3.05, 3.63) is 28.8 Å². The van der Waals surface area contributed by atoms with Crippen molar-refractivity contribution in [2.75, 3.05) is 16.3 Å². The zero-order valence-electron chi connectivity index (χ0n) is 13.0. The third-order valence-electron chi connectivity index (χ3n) is 3.51. The van der Waals surface area contributed by atoms with Crippen LogP contribution in [-0.2, 0) is 10.0 Å². The standard InChI is InChI=1S/C14H13N5O3S3/c1-25(21,22)19-14-15-9-5-4-8(6-10(9)23-14)11(20)16-13-18-17-12(24-13)7-2-3-7/h4-7H,2-3H2,1H3,(H,15,19)(H,16,18,20). The summed E-state index contributed by atoms with van der Waals surface area (Å²) < 4.78 is 25.6. The molecule has 0 atom stereocenters. The topological polar surface area (TPSA) is 114 Å². The van der Waals surface area contributed by atoms with E-state index in [0.717, 1.165) is 28.8 Å². The lowest BCUT2D eigenvalue weighted by molar-refractivity contribution is 0.102. The number of carbonyl (C=O) groups excluding carboxylic acids is 1. The van der Waals surface area contributed by atoms with Crippen LogP contribution < -0.4 is 10.0 Å². The highest BCUT2D eigenvalue weighted by atomic mass is 32.2. The van der Waals surface area contributed by atoms with E-state index in [-0.39, 0.29) is 11.0 Å². The van der Waals surface area contributed by atoms with E-state index in [1.165, 1.54) is 22.7 Å². The third-order valence-corrected chi connectivity index (χ3v) is 6.14. The molecule has 2 heterocycles. The van der Waals surface area contributed by atoms with Gasteiger partial charge in [0, 0.05) is 11.5 Å². The number of benzene rings is 1. The van der Waals surface area contributed by atoms with Crippen molar-refractivity contribution in [3.8, 4) is 0 Å². The Morgan fingerprint density at radius 2 is 2.00 bits per heavy atom. The fourth-order valence-electron chi connectivity index (χ4n) is 2.22. The number of amides is 1. The number of nitrogens with one attached hydrogen (secondary N) is 2. The largest absolute Gasteiger partial charge is 0.296 e. The van der Waals surface area contributed by atoms with Crippen LogP contribution in [0.3, 0.4) is 0 Å². The first-order valence-corrected chi connectivity index (χ1v) is 10.9. The smallest absolute Gasteiger partial charge is 0.257 e. The van der Waals surface area contributed by atoms with Crippen molar-refractivity contribution in [1.82, 2.24) is 15.2 Å². The molecule has 130 valence electrons. The molecule has 3 aromatic rings. The van der Waals surface area contributed by atoms with Crippen molar-refractivity contribution in [3.63, 3.8) is 0 Å². The first-order valence-electron chi connectivity index (χ1n) is 7.40. The summed E-state index contributed by atoms with van der Waals surface area (Å²) in [6.07, 6.45) is 3.33. The van der Waals surface area contributed by atoms with Gasteiger partial charge in [-0.2, -0.15) is 0 Å². The van der Waals surface area contributed by atoms with Crippen LogP contribution in [0.15, 0.2) is 18.2 Å². The minimum absolute atomic E-state index is 0.272. The lowest BCUT2D eigenvalue weighted by Crippen LogP contribution is -2.11. The first-order chi connectivity index (χ1) is 11.9. The van der Waals surface area contributed by atoms with Crippen molar-refractivity contribution >= 4 is 59.1 Å². The van der Waals surface area contributed by atoms with Gasteiger partial charge in [0.1, 0.15) is 5.01 Å². The summed E-state index contributed by atoms with van der Waals surface area (Å²) in [5, 5.41) is 12.6. The molecule has 0 bridgehead atoms.